The van der Waals surface area contributed by atoms with Gasteiger partial charge in [0.1, 0.15) is 16.1 Å². The van der Waals surface area contributed by atoms with E-state index < -0.39 is 16.1 Å². The maximum atomic E-state index is 5.30. The van der Waals surface area contributed by atoms with E-state index >= 15 is 0 Å². The minimum Gasteiger partial charge on any atom is -0.157 e. The Labute approximate surface area is 276 Å². The second-order valence-electron chi connectivity index (χ2n) is 11.8. The lowest BCUT2D eigenvalue weighted by Gasteiger charge is -2.04. The van der Waals surface area contributed by atoms with Crippen LogP contribution in [0.15, 0.2) is 95.9 Å². The lowest BCUT2D eigenvalue weighted by atomic mass is 10.1. The zero-order chi connectivity index (χ0) is 32.9. The van der Waals surface area contributed by atoms with Crippen molar-refractivity contribution in [1.29, 1.82) is 0 Å². The average Bonchev–Trinajstić information content (AvgIpc) is 3.04. The lowest BCUT2D eigenvalue weighted by Crippen LogP contribution is -2.16. The molecule has 0 atom stereocenters. The summed E-state index contributed by atoms with van der Waals surface area (Å²) >= 11 is 3.39. The van der Waals surface area contributed by atoms with E-state index in [1.54, 1.807) is 18.6 Å². The first kappa shape index (κ1) is 34.8. The molecule has 0 saturated carbocycles. The number of hydrogen-bond donors (Lipinski definition) is 0. The molecule has 0 spiro atoms. The van der Waals surface area contributed by atoms with Crippen LogP contribution in [0.1, 0.15) is 11.1 Å². The zero-order valence-corrected chi connectivity index (χ0v) is 30.0. The highest BCUT2D eigenvalue weighted by molar-refractivity contribution is 9.10. The third-order valence-corrected chi connectivity index (χ3v) is 8.12. The van der Waals surface area contributed by atoms with Crippen LogP contribution >= 0.6 is 15.9 Å². The van der Waals surface area contributed by atoms with Crippen LogP contribution in [0.2, 0.25) is 39.3 Å². The van der Waals surface area contributed by atoms with Gasteiger partial charge < -0.3 is 0 Å². The number of halogens is 1. The van der Waals surface area contributed by atoms with Gasteiger partial charge in [-0.15, -0.1) is 23.9 Å². The average molecular weight is 688 g/mol. The van der Waals surface area contributed by atoms with Crippen molar-refractivity contribution in [3.05, 3.63) is 107 Å². The van der Waals surface area contributed by atoms with Crippen molar-refractivity contribution in [2.45, 2.75) is 39.3 Å². The Hall–Kier alpha value is -4.73. The van der Waals surface area contributed by atoms with Crippen LogP contribution in [-0.2, 0) is 0 Å². The van der Waals surface area contributed by atoms with E-state index in [1.807, 2.05) is 72.8 Å². The number of rotatable bonds is 0. The number of benzene rings is 3. The summed E-state index contributed by atoms with van der Waals surface area (Å²) in [6.45, 7) is 13.1. The van der Waals surface area contributed by atoms with Crippen LogP contribution in [0.25, 0.3) is 32.7 Å². The third-order valence-electron chi connectivity index (χ3n) is 5.75. The number of nitrogens with zero attached hydrogens (tertiary/aromatic N) is 6. The number of hydrogen-bond acceptors (Lipinski definition) is 6. The SMILES string of the molecule is Brc1cnnc2ccccc12.C#C[Si](C)(C)C.C#Cc1cnnc2ccccc12.C[Si](C)(C)C#Cc1cnnc2ccccc12. The lowest BCUT2D eigenvalue weighted by molar-refractivity contribution is 1.07. The van der Waals surface area contributed by atoms with Crippen LogP contribution in [0, 0.1) is 35.8 Å². The van der Waals surface area contributed by atoms with E-state index in [4.69, 9.17) is 12.8 Å². The van der Waals surface area contributed by atoms with Gasteiger partial charge >= 0.3 is 0 Å². The fourth-order valence-electron chi connectivity index (χ4n) is 3.46. The Morgan fingerprint density at radius 3 is 1.40 bits per heavy atom. The molecule has 3 aromatic carbocycles. The number of aromatic nitrogens is 6. The van der Waals surface area contributed by atoms with E-state index in [0.29, 0.717) is 0 Å². The summed E-state index contributed by atoms with van der Waals surface area (Å²) in [5.74, 6) is 5.80. The molecule has 0 N–H and O–H groups in total. The monoisotopic (exact) mass is 686 g/mol. The van der Waals surface area contributed by atoms with Crippen LogP contribution in [-0.4, -0.2) is 46.7 Å². The first-order chi connectivity index (χ1) is 21.4. The van der Waals surface area contributed by atoms with Gasteiger partial charge in [-0.1, -0.05) is 106 Å². The molecule has 9 heteroatoms. The van der Waals surface area contributed by atoms with Crippen molar-refractivity contribution in [2.75, 3.05) is 0 Å². The second-order valence-corrected chi connectivity index (χ2v) is 22.2. The Morgan fingerprint density at radius 2 is 0.956 bits per heavy atom. The highest BCUT2D eigenvalue weighted by Crippen LogP contribution is 2.19. The molecule has 3 heterocycles. The minimum atomic E-state index is -1.34. The summed E-state index contributed by atoms with van der Waals surface area (Å²) in [4.78, 5) is 0. The maximum absolute atomic E-state index is 5.30. The van der Waals surface area contributed by atoms with Crippen LogP contribution < -0.4 is 0 Å². The Bertz CT molecular complexity index is 2030. The van der Waals surface area contributed by atoms with Gasteiger partial charge in [0.05, 0.1) is 46.3 Å². The van der Waals surface area contributed by atoms with Crippen molar-refractivity contribution in [3.8, 4) is 35.8 Å². The molecule has 0 saturated heterocycles. The molecule has 0 fully saturated rings. The Kier molecular flexibility index (Phi) is 12.6. The Morgan fingerprint density at radius 1 is 0.556 bits per heavy atom. The molecular weight excluding hydrogens is 653 g/mol. The normalized spacial score (nSPS) is 10.3. The molecule has 0 radical (unpaired) electrons. The van der Waals surface area contributed by atoms with E-state index in [2.05, 4.69) is 109 Å². The molecule has 0 bridgehead atoms. The van der Waals surface area contributed by atoms with Gasteiger partial charge in [0.25, 0.3) is 0 Å². The van der Waals surface area contributed by atoms with Gasteiger partial charge in [0, 0.05) is 20.6 Å². The minimum absolute atomic E-state index is 0.792. The fraction of sp³-hybridized carbons (Fsp3) is 0.167. The molecule has 0 aliphatic heterocycles. The summed E-state index contributed by atoms with van der Waals surface area (Å²) in [5.41, 5.74) is 10.5. The summed E-state index contributed by atoms with van der Waals surface area (Å²) < 4.78 is 0.989. The van der Waals surface area contributed by atoms with Crippen LogP contribution in [0.4, 0.5) is 0 Å². The maximum Gasteiger partial charge on any atom is 0.129 e. The van der Waals surface area contributed by atoms with E-state index in [0.717, 1.165) is 48.3 Å². The largest absolute Gasteiger partial charge is 0.157 e. The molecule has 6 nitrogen and oxygen atoms in total. The predicted molar refractivity (Wildman–Crippen MR) is 197 cm³/mol. The zero-order valence-electron chi connectivity index (χ0n) is 26.4. The smallest absolute Gasteiger partial charge is 0.129 e. The van der Waals surface area contributed by atoms with Crippen LogP contribution in [0.5, 0.6) is 0 Å². The van der Waals surface area contributed by atoms with Crippen molar-refractivity contribution in [1.82, 2.24) is 30.6 Å². The fourth-order valence-corrected chi connectivity index (χ4v) is 4.39. The van der Waals surface area contributed by atoms with Crippen molar-refractivity contribution in [3.63, 3.8) is 0 Å². The van der Waals surface area contributed by atoms with Crippen LogP contribution in [0.3, 0.4) is 0 Å². The number of fused-ring (bicyclic) bond motifs is 3. The number of terminal acetylenes is 2. The molecule has 0 unspecified atom stereocenters. The van der Waals surface area contributed by atoms with E-state index in [-0.39, 0.29) is 0 Å². The summed E-state index contributed by atoms with van der Waals surface area (Å²) in [5, 5.41) is 26.7. The second kappa shape index (κ2) is 16.4. The highest BCUT2D eigenvalue weighted by Gasteiger charge is 2.08. The predicted octanol–water partition coefficient (Wildman–Crippen LogP) is 8.36. The van der Waals surface area contributed by atoms with Crippen molar-refractivity contribution in [2.24, 2.45) is 0 Å². The molecule has 224 valence electrons. The quantitative estimate of drug-likeness (QED) is 0.118. The van der Waals surface area contributed by atoms with E-state index in [1.165, 1.54) is 0 Å². The molecular formula is C36H35BrN6Si2. The third kappa shape index (κ3) is 11.4. The van der Waals surface area contributed by atoms with Gasteiger partial charge in [-0.05, 0) is 34.1 Å². The first-order valence-corrected chi connectivity index (χ1v) is 22.0. The highest BCUT2D eigenvalue weighted by atomic mass is 79.9. The Balaban J connectivity index is 0.000000172. The molecule has 6 rings (SSSR count). The molecule has 0 aliphatic carbocycles. The van der Waals surface area contributed by atoms with Gasteiger partial charge in [0.2, 0.25) is 0 Å². The molecule has 6 aromatic rings. The topological polar surface area (TPSA) is 77.3 Å². The van der Waals surface area contributed by atoms with Crippen molar-refractivity contribution >= 4 is 64.8 Å². The summed E-state index contributed by atoms with van der Waals surface area (Å²) in [7, 11) is -2.44. The summed E-state index contributed by atoms with van der Waals surface area (Å²) in [6.07, 6.45) is 15.5. The standard InChI is InChI=1S/C13H14N2Si.C10H6N2.C8H5BrN2.C5H10Si/c1-16(2,3)9-8-11-10-14-15-13-7-5-4-6-12(11)13;1-2-8-7-11-12-10-6-4-3-5-9(8)10;9-7-5-10-11-8-4-2-1-3-6(7)8;1-5-6(2,3)4/h4-7,10H,1-3H3;1,3-7H;1-5H;1H,2-4H3. The molecule has 0 amide bonds. The molecule has 45 heavy (non-hydrogen) atoms. The molecule has 0 aliphatic rings. The van der Waals surface area contributed by atoms with Gasteiger partial charge in [0.15, 0.2) is 0 Å². The van der Waals surface area contributed by atoms with Crippen molar-refractivity contribution < 1.29 is 0 Å². The van der Waals surface area contributed by atoms with Gasteiger partial charge in [-0.25, -0.2) is 0 Å². The first-order valence-electron chi connectivity index (χ1n) is 14.2. The summed E-state index contributed by atoms with van der Waals surface area (Å²) in [6, 6.07) is 23.5. The van der Waals surface area contributed by atoms with Gasteiger partial charge in [-0.2, -0.15) is 30.6 Å². The van der Waals surface area contributed by atoms with Gasteiger partial charge in [-0.3, -0.25) is 0 Å². The molecule has 3 aromatic heterocycles. The van der Waals surface area contributed by atoms with E-state index in [9.17, 15) is 0 Å².